The van der Waals surface area contributed by atoms with Gasteiger partial charge in [-0.1, -0.05) is 25.0 Å². The smallest absolute Gasteiger partial charge is 0.306 e. The summed E-state index contributed by atoms with van der Waals surface area (Å²) in [5.41, 5.74) is 3.70. The number of amides is 1. The van der Waals surface area contributed by atoms with Gasteiger partial charge in [-0.25, -0.2) is 0 Å². The predicted molar refractivity (Wildman–Crippen MR) is 120 cm³/mol. The maximum Gasteiger partial charge on any atom is 0.306 e. The van der Waals surface area contributed by atoms with Crippen LogP contribution in [-0.2, 0) is 29.0 Å². The number of esters is 1. The summed E-state index contributed by atoms with van der Waals surface area (Å²) in [6.07, 6.45) is 5.52. The molecule has 0 atom stereocenters. The Morgan fingerprint density at radius 1 is 1.16 bits per heavy atom. The van der Waals surface area contributed by atoms with Crippen molar-refractivity contribution in [2.75, 3.05) is 27.3 Å². The Bertz CT molecular complexity index is 948. The van der Waals surface area contributed by atoms with Gasteiger partial charge in [-0.3, -0.25) is 19.2 Å². The van der Waals surface area contributed by atoms with Gasteiger partial charge < -0.3 is 14.8 Å². The van der Waals surface area contributed by atoms with Gasteiger partial charge in [-0.2, -0.15) is 5.10 Å². The fraction of sp³-hybridized carbons (Fsp3) is 0.542. The van der Waals surface area contributed by atoms with Crippen molar-refractivity contribution in [1.29, 1.82) is 0 Å². The number of carbonyl (C=O) groups is 2. The van der Waals surface area contributed by atoms with Crippen molar-refractivity contribution in [3.05, 3.63) is 46.8 Å². The largest absolute Gasteiger partial charge is 0.497 e. The standard InChI is InChI=1S/C24H32N4O4/c1-31-19-9-7-17(8-10-19)15-28-21-11-13-27(14-12-22(29)32-2)16-20(21)23(26-28)24(30)25-18-5-3-4-6-18/h7-10,18H,3-6,11-16H2,1-2H3,(H,25,30). The Morgan fingerprint density at radius 2 is 1.91 bits per heavy atom. The lowest BCUT2D eigenvalue weighted by molar-refractivity contribution is -0.141. The molecule has 1 aliphatic heterocycles. The lowest BCUT2D eigenvalue weighted by atomic mass is 10.0. The highest BCUT2D eigenvalue weighted by Gasteiger charge is 2.29. The van der Waals surface area contributed by atoms with E-state index in [4.69, 9.17) is 14.6 Å². The summed E-state index contributed by atoms with van der Waals surface area (Å²) < 4.78 is 12.0. The third-order valence-electron chi connectivity index (χ3n) is 6.47. The van der Waals surface area contributed by atoms with Gasteiger partial charge in [-0.05, 0) is 30.5 Å². The van der Waals surface area contributed by atoms with Crippen molar-refractivity contribution < 1.29 is 19.1 Å². The molecule has 0 bridgehead atoms. The van der Waals surface area contributed by atoms with E-state index in [2.05, 4.69) is 10.2 Å². The van der Waals surface area contributed by atoms with E-state index in [1.165, 1.54) is 7.11 Å². The van der Waals surface area contributed by atoms with Gasteiger partial charge in [0.05, 0.1) is 27.2 Å². The second-order valence-corrected chi connectivity index (χ2v) is 8.59. The average molecular weight is 441 g/mol. The molecular weight excluding hydrogens is 408 g/mol. The molecule has 1 fully saturated rings. The zero-order valence-corrected chi connectivity index (χ0v) is 18.9. The monoisotopic (exact) mass is 440 g/mol. The van der Waals surface area contributed by atoms with Crippen molar-refractivity contribution in [2.45, 2.75) is 57.7 Å². The molecule has 1 aromatic heterocycles. The number of fused-ring (bicyclic) bond motifs is 1. The van der Waals surface area contributed by atoms with Crippen LogP contribution in [0.1, 0.15) is 59.4 Å². The minimum atomic E-state index is -0.217. The summed E-state index contributed by atoms with van der Waals surface area (Å²) in [4.78, 5) is 26.9. The van der Waals surface area contributed by atoms with E-state index in [-0.39, 0.29) is 17.9 Å². The zero-order chi connectivity index (χ0) is 22.5. The number of benzene rings is 1. The van der Waals surface area contributed by atoms with Gasteiger partial charge in [0.1, 0.15) is 5.75 Å². The van der Waals surface area contributed by atoms with Crippen LogP contribution in [0.15, 0.2) is 24.3 Å². The first kappa shape index (κ1) is 22.3. The number of methoxy groups -OCH3 is 2. The predicted octanol–water partition coefficient (Wildman–Crippen LogP) is 2.53. The zero-order valence-electron chi connectivity index (χ0n) is 18.9. The van der Waals surface area contributed by atoms with E-state index in [9.17, 15) is 9.59 Å². The summed E-state index contributed by atoms with van der Waals surface area (Å²) in [6.45, 7) is 2.65. The van der Waals surface area contributed by atoms with Crippen LogP contribution in [0.3, 0.4) is 0 Å². The van der Waals surface area contributed by atoms with Crippen LogP contribution in [0, 0.1) is 0 Å². The molecule has 0 radical (unpaired) electrons. The lowest BCUT2D eigenvalue weighted by Gasteiger charge is -2.27. The molecule has 2 aliphatic rings. The minimum absolute atomic E-state index is 0.0866. The maximum absolute atomic E-state index is 13.1. The molecule has 1 aliphatic carbocycles. The Hall–Kier alpha value is -2.87. The normalized spacial score (nSPS) is 16.6. The summed E-state index contributed by atoms with van der Waals surface area (Å²) in [7, 11) is 3.06. The quantitative estimate of drug-likeness (QED) is 0.635. The number of hydrogen-bond acceptors (Lipinski definition) is 6. The van der Waals surface area contributed by atoms with E-state index in [0.29, 0.717) is 31.7 Å². The molecule has 172 valence electrons. The van der Waals surface area contributed by atoms with Crippen LogP contribution in [0.4, 0.5) is 0 Å². The summed E-state index contributed by atoms with van der Waals surface area (Å²) in [5.74, 6) is 0.510. The summed E-state index contributed by atoms with van der Waals surface area (Å²) in [5, 5.41) is 7.96. The van der Waals surface area contributed by atoms with Crippen molar-refractivity contribution in [2.24, 2.45) is 0 Å². The molecule has 2 aromatic rings. The minimum Gasteiger partial charge on any atom is -0.497 e. The van der Waals surface area contributed by atoms with Gasteiger partial charge in [0.2, 0.25) is 0 Å². The maximum atomic E-state index is 13.1. The summed E-state index contributed by atoms with van der Waals surface area (Å²) >= 11 is 0. The van der Waals surface area contributed by atoms with E-state index < -0.39 is 0 Å². The number of carbonyl (C=O) groups excluding carboxylic acids is 2. The van der Waals surface area contributed by atoms with Crippen molar-refractivity contribution in [3.63, 3.8) is 0 Å². The van der Waals surface area contributed by atoms with Gasteiger partial charge >= 0.3 is 5.97 Å². The second kappa shape index (κ2) is 10.2. The molecule has 0 saturated heterocycles. The molecule has 2 heterocycles. The molecule has 0 unspecified atom stereocenters. The van der Waals surface area contributed by atoms with E-state index in [0.717, 1.165) is 61.2 Å². The number of nitrogens with one attached hydrogen (secondary N) is 1. The molecular formula is C24H32N4O4. The van der Waals surface area contributed by atoms with Crippen LogP contribution in [-0.4, -0.2) is 59.9 Å². The Labute approximate surface area is 188 Å². The van der Waals surface area contributed by atoms with Gasteiger partial charge in [-0.15, -0.1) is 0 Å². The molecule has 0 spiro atoms. The van der Waals surface area contributed by atoms with Crippen LogP contribution in [0.5, 0.6) is 5.75 Å². The second-order valence-electron chi connectivity index (χ2n) is 8.59. The first-order chi connectivity index (χ1) is 15.6. The van der Waals surface area contributed by atoms with Crippen molar-refractivity contribution in [3.8, 4) is 5.75 Å². The van der Waals surface area contributed by atoms with Crippen molar-refractivity contribution in [1.82, 2.24) is 20.0 Å². The third-order valence-corrected chi connectivity index (χ3v) is 6.47. The lowest BCUT2D eigenvalue weighted by Crippen LogP contribution is -2.36. The Morgan fingerprint density at radius 3 is 2.59 bits per heavy atom. The fourth-order valence-electron chi connectivity index (χ4n) is 4.63. The molecule has 32 heavy (non-hydrogen) atoms. The first-order valence-electron chi connectivity index (χ1n) is 11.4. The number of hydrogen-bond donors (Lipinski definition) is 1. The van der Waals surface area contributed by atoms with E-state index in [1.54, 1.807) is 7.11 Å². The Balaban J connectivity index is 1.56. The number of rotatable bonds is 8. The van der Waals surface area contributed by atoms with Crippen LogP contribution < -0.4 is 10.1 Å². The SMILES string of the molecule is COC(=O)CCN1CCc2c(c(C(=O)NC3CCCC3)nn2Cc2ccc(OC)cc2)C1. The highest BCUT2D eigenvalue weighted by atomic mass is 16.5. The van der Waals surface area contributed by atoms with Gasteiger partial charge in [0.15, 0.2) is 5.69 Å². The Kier molecular flexibility index (Phi) is 7.09. The number of aromatic nitrogens is 2. The third kappa shape index (κ3) is 5.12. The van der Waals surface area contributed by atoms with Crippen LogP contribution >= 0.6 is 0 Å². The number of ether oxygens (including phenoxy) is 2. The van der Waals surface area contributed by atoms with Gasteiger partial charge in [0.25, 0.3) is 5.91 Å². The number of nitrogens with zero attached hydrogens (tertiary/aromatic N) is 3. The molecule has 8 heteroatoms. The van der Waals surface area contributed by atoms with Gasteiger partial charge in [0, 0.05) is 43.4 Å². The molecule has 1 aromatic carbocycles. The van der Waals surface area contributed by atoms with Crippen LogP contribution in [0.25, 0.3) is 0 Å². The average Bonchev–Trinajstić information content (AvgIpc) is 3.45. The van der Waals surface area contributed by atoms with E-state index in [1.807, 2.05) is 28.9 Å². The molecule has 4 rings (SSSR count). The fourth-order valence-corrected chi connectivity index (χ4v) is 4.63. The molecule has 1 saturated carbocycles. The first-order valence-corrected chi connectivity index (χ1v) is 11.4. The highest BCUT2D eigenvalue weighted by molar-refractivity contribution is 5.94. The van der Waals surface area contributed by atoms with Crippen molar-refractivity contribution >= 4 is 11.9 Å². The topological polar surface area (TPSA) is 85.7 Å². The summed E-state index contributed by atoms with van der Waals surface area (Å²) in [6, 6.07) is 8.16. The van der Waals surface area contributed by atoms with E-state index >= 15 is 0 Å². The van der Waals surface area contributed by atoms with Crippen LogP contribution in [0.2, 0.25) is 0 Å². The molecule has 1 amide bonds. The molecule has 8 nitrogen and oxygen atoms in total. The molecule has 1 N–H and O–H groups in total. The highest BCUT2D eigenvalue weighted by Crippen LogP contribution is 2.25.